The molecular formula is C17H27N4O5+. The first-order valence-corrected chi connectivity index (χ1v) is 8.66. The summed E-state index contributed by atoms with van der Waals surface area (Å²) in [5, 5.41) is 11.9. The monoisotopic (exact) mass is 367 g/mol. The number of carboxylic acid groups (broad SMARTS) is 1. The van der Waals surface area contributed by atoms with Gasteiger partial charge < -0.3 is 15.2 Å². The Morgan fingerprint density at radius 2 is 1.96 bits per heavy atom. The fraction of sp³-hybridized carbons (Fsp3) is 0.647. The molecule has 9 heteroatoms. The van der Waals surface area contributed by atoms with Crippen molar-refractivity contribution in [3.8, 4) is 0 Å². The Hall–Kier alpha value is -2.42. The molecule has 2 rings (SSSR count). The summed E-state index contributed by atoms with van der Waals surface area (Å²) in [4.78, 5) is 40.2. The summed E-state index contributed by atoms with van der Waals surface area (Å²) in [6.45, 7) is 8.05. The third-order valence-corrected chi connectivity index (χ3v) is 4.30. The summed E-state index contributed by atoms with van der Waals surface area (Å²) < 4.78 is 6.76. The highest BCUT2D eigenvalue weighted by Crippen LogP contribution is 2.23. The predicted molar refractivity (Wildman–Crippen MR) is 94.8 cm³/mol. The Balaban J connectivity index is 2.21. The molecule has 1 aliphatic rings. The molecule has 0 saturated carbocycles. The average Bonchev–Trinajstić information content (AvgIpc) is 2.99. The second-order valence-electron chi connectivity index (χ2n) is 7.65. The number of anilines is 1. The Morgan fingerprint density at radius 1 is 1.35 bits per heavy atom. The molecule has 9 nitrogen and oxygen atoms in total. The molecule has 1 amide bonds. The number of aryl methyl sites for hydroxylation is 1. The van der Waals surface area contributed by atoms with Crippen LogP contribution in [0.5, 0.6) is 0 Å². The molecule has 0 bridgehead atoms. The lowest BCUT2D eigenvalue weighted by Gasteiger charge is -2.32. The van der Waals surface area contributed by atoms with Crippen LogP contribution in [0.4, 0.5) is 10.6 Å². The van der Waals surface area contributed by atoms with Crippen LogP contribution >= 0.6 is 0 Å². The van der Waals surface area contributed by atoms with Crippen LogP contribution in [0.3, 0.4) is 0 Å². The third kappa shape index (κ3) is 4.60. The molecular weight excluding hydrogens is 340 g/mol. The third-order valence-electron chi connectivity index (χ3n) is 4.30. The molecule has 2 N–H and O–H groups in total. The van der Waals surface area contributed by atoms with E-state index in [-0.39, 0.29) is 23.1 Å². The maximum atomic E-state index is 12.7. The average molecular weight is 367 g/mol. The first kappa shape index (κ1) is 19.9. The van der Waals surface area contributed by atoms with Gasteiger partial charge in [0.15, 0.2) is 12.5 Å². The largest absolute Gasteiger partial charge is 0.518 e. The Morgan fingerprint density at radius 3 is 2.50 bits per heavy atom. The molecule has 1 aromatic heterocycles. The molecule has 1 aromatic rings. The number of likely N-dealkylation sites (tertiary alicyclic amines) is 1. The van der Waals surface area contributed by atoms with Gasteiger partial charge in [0.05, 0.1) is 13.1 Å². The zero-order valence-corrected chi connectivity index (χ0v) is 15.7. The van der Waals surface area contributed by atoms with Crippen LogP contribution in [0.25, 0.3) is 0 Å². The number of carboxylic acids is 1. The molecule has 1 saturated heterocycles. The highest BCUT2D eigenvalue weighted by atomic mass is 16.6. The Labute approximate surface area is 152 Å². The van der Waals surface area contributed by atoms with E-state index >= 15 is 0 Å². The molecule has 26 heavy (non-hydrogen) atoms. The number of aliphatic carboxylic acids is 1. The number of nitrogens with zero attached hydrogens (tertiary/aromatic N) is 3. The lowest BCUT2D eigenvalue weighted by molar-refractivity contribution is -0.842. The number of carbonyl (C=O) groups excluding carboxylic acids is 1. The number of ether oxygens (including phenoxy) is 1. The summed E-state index contributed by atoms with van der Waals surface area (Å²) in [6, 6.07) is 0. The molecule has 1 fully saturated rings. The Bertz CT molecular complexity index is 745. The van der Waals surface area contributed by atoms with Crippen molar-refractivity contribution >= 4 is 17.9 Å². The maximum absolute atomic E-state index is 12.7. The van der Waals surface area contributed by atoms with Crippen LogP contribution in [0.2, 0.25) is 0 Å². The minimum Gasteiger partial charge on any atom is -0.480 e. The lowest BCUT2D eigenvalue weighted by atomic mass is 10.2. The molecule has 0 radical (unpaired) electrons. The SMILES string of the molecule is Cc1cnc(NC[N+]2(C(=O)OC(C)(C)C)CCCC2)c(=O)n1CC(=O)O. The van der Waals surface area contributed by atoms with Gasteiger partial charge in [-0.2, -0.15) is 4.79 Å². The first-order valence-electron chi connectivity index (χ1n) is 8.66. The summed E-state index contributed by atoms with van der Waals surface area (Å²) in [5.41, 5.74) is -0.657. The zero-order chi connectivity index (χ0) is 19.5. The molecule has 0 spiro atoms. The number of hydrogen-bond acceptors (Lipinski definition) is 6. The van der Waals surface area contributed by atoms with Gasteiger partial charge in [-0.3, -0.25) is 14.2 Å². The summed E-state index contributed by atoms with van der Waals surface area (Å²) in [5.74, 6) is -1.08. The van der Waals surface area contributed by atoms with Gasteiger partial charge in [-0.05, 0) is 27.7 Å². The highest BCUT2D eigenvalue weighted by Gasteiger charge is 2.43. The van der Waals surface area contributed by atoms with Gasteiger partial charge in [-0.15, -0.1) is 0 Å². The van der Waals surface area contributed by atoms with Crippen molar-refractivity contribution in [2.75, 3.05) is 25.1 Å². The topological polar surface area (TPSA) is 111 Å². The lowest BCUT2D eigenvalue weighted by Crippen LogP contribution is -2.55. The van der Waals surface area contributed by atoms with E-state index in [2.05, 4.69) is 10.3 Å². The molecule has 0 aromatic carbocycles. The standard InChI is InChI=1S/C17H26N4O5/c1-12-9-18-14(15(24)20(12)10-13(22)23)19-11-21(7-5-6-8-21)16(25)26-17(2,3)4/h9H,5-8,10-11H2,1-4H3,(H-,18,19,22,23)/p+1. The van der Waals surface area contributed by atoms with Gasteiger partial charge in [0.25, 0.3) is 5.56 Å². The highest BCUT2D eigenvalue weighted by molar-refractivity contribution is 5.66. The fourth-order valence-electron chi connectivity index (χ4n) is 2.95. The zero-order valence-electron chi connectivity index (χ0n) is 15.7. The van der Waals surface area contributed by atoms with Gasteiger partial charge in [0.1, 0.15) is 12.1 Å². The van der Waals surface area contributed by atoms with E-state index in [1.165, 1.54) is 6.20 Å². The quantitative estimate of drug-likeness (QED) is 0.760. The van der Waals surface area contributed by atoms with E-state index in [0.29, 0.717) is 18.8 Å². The van der Waals surface area contributed by atoms with E-state index in [4.69, 9.17) is 9.84 Å². The number of carbonyl (C=O) groups is 2. The number of nitrogens with one attached hydrogen (secondary N) is 1. The van der Waals surface area contributed by atoms with E-state index < -0.39 is 23.7 Å². The summed E-state index contributed by atoms with van der Waals surface area (Å²) >= 11 is 0. The van der Waals surface area contributed by atoms with Crippen molar-refractivity contribution < 1.29 is 23.9 Å². The van der Waals surface area contributed by atoms with Gasteiger partial charge in [0.2, 0.25) is 0 Å². The Kier molecular flexibility index (Phi) is 5.70. The summed E-state index contributed by atoms with van der Waals surface area (Å²) in [6.07, 6.45) is 2.89. The molecule has 0 aliphatic carbocycles. The second kappa shape index (κ2) is 7.45. The predicted octanol–water partition coefficient (Wildman–Crippen LogP) is 1.55. The normalized spacial score (nSPS) is 16.3. The minimum absolute atomic E-state index is 0.0322. The number of hydrogen-bond donors (Lipinski definition) is 2. The van der Waals surface area contributed by atoms with Crippen molar-refractivity contribution in [2.24, 2.45) is 0 Å². The molecule has 2 heterocycles. The first-order chi connectivity index (χ1) is 12.0. The summed E-state index contributed by atoms with van der Waals surface area (Å²) in [7, 11) is 0. The fourth-order valence-corrected chi connectivity index (χ4v) is 2.95. The van der Waals surface area contributed by atoms with E-state index in [0.717, 1.165) is 17.4 Å². The van der Waals surface area contributed by atoms with Crippen LogP contribution in [-0.2, 0) is 16.1 Å². The van der Waals surface area contributed by atoms with Crippen LogP contribution in [0.15, 0.2) is 11.0 Å². The maximum Gasteiger partial charge on any atom is 0.518 e. The number of aromatic nitrogens is 2. The number of rotatable bonds is 5. The molecule has 144 valence electrons. The van der Waals surface area contributed by atoms with E-state index in [1.807, 2.05) is 20.8 Å². The van der Waals surface area contributed by atoms with Crippen molar-refractivity contribution in [1.29, 1.82) is 0 Å². The van der Waals surface area contributed by atoms with Crippen LogP contribution in [0, 0.1) is 6.92 Å². The van der Waals surface area contributed by atoms with Crippen molar-refractivity contribution in [1.82, 2.24) is 9.55 Å². The van der Waals surface area contributed by atoms with Gasteiger partial charge in [-0.1, -0.05) is 0 Å². The van der Waals surface area contributed by atoms with Crippen LogP contribution < -0.4 is 10.9 Å². The van der Waals surface area contributed by atoms with Crippen LogP contribution in [-0.4, -0.2) is 56.6 Å². The van der Waals surface area contributed by atoms with Gasteiger partial charge in [0, 0.05) is 24.7 Å². The minimum atomic E-state index is -1.11. The van der Waals surface area contributed by atoms with E-state index in [9.17, 15) is 14.4 Å². The molecule has 1 aliphatic heterocycles. The van der Waals surface area contributed by atoms with E-state index in [1.54, 1.807) is 6.92 Å². The second-order valence-corrected chi connectivity index (χ2v) is 7.65. The van der Waals surface area contributed by atoms with Gasteiger partial charge in [-0.25, -0.2) is 9.47 Å². The van der Waals surface area contributed by atoms with Gasteiger partial charge >= 0.3 is 12.1 Å². The van der Waals surface area contributed by atoms with Crippen molar-refractivity contribution in [2.45, 2.75) is 52.7 Å². The molecule has 0 unspecified atom stereocenters. The van der Waals surface area contributed by atoms with Crippen molar-refractivity contribution in [3.63, 3.8) is 0 Å². The number of quaternary nitrogens is 1. The molecule has 0 atom stereocenters. The van der Waals surface area contributed by atoms with Crippen molar-refractivity contribution in [3.05, 3.63) is 22.2 Å². The smallest absolute Gasteiger partial charge is 0.480 e. The number of amides is 1. The van der Waals surface area contributed by atoms with Crippen LogP contribution in [0.1, 0.15) is 39.3 Å².